The van der Waals surface area contributed by atoms with Gasteiger partial charge in [-0.15, -0.1) is 0 Å². The van der Waals surface area contributed by atoms with Crippen molar-refractivity contribution >= 4 is 0 Å². The molecule has 94 valence electrons. The smallest absolute Gasteiger partial charge is 0.00958 e. The number of hydrogen-bond acceptors (Lipinski definition) is 2. The van der Waals surface area contributed by atoms with Gasteiger partial charge < -0.3 is 10.2 Å². The van der Waals surface area contributed by atoms with E-state index in [0.717, 1.165) is 18.0 Å². The van der Waals surface area contributed by atoms with Gasteiger partial charge in [-0.2, -0.15) is 0 Å². The number of hydrogen-bond donors (Lipinski definition) is 1. The van der Waals surface area contributed by atoms with Crippen molar-refractivity contribution < 1.29 is 0 Å². The van der Waals surface area contributed by atoms with Crippen molar-refractivity contribution in [2.45, 2.75) is 64.0 Å². The van der Waals surface area contributed by atoms with Crippen LogP contribution in [0.1, 0.15) is 51.9 Å². The average Bonchev–Trinajstić information content (AvgIpc) is 3.04. The van der Waals surface area contributed by atoms with Crippen LogP contribution in [-0.4, -0.2) is 37.1 Å². The Kier molecular flexibility index (Phi) is 4.66. The molecule has 0 bridgehead atoms. The summed E-state index contributed by atoms with van der Waals surface area (Å²) in [6.45, 7) is 4.79. The van der Waals surface area contributed by atoms with E-state index in [2.05, 4.69) is 24.2 Å². The Morgan fingerprint density at radius 2 is 2.00 bits per heavy atom. The van der Waals surface area contributed by atoms with Crippen molar-refractivity contribution in [3.8, 4) is 0 Å². The Bertz CT molecular complexity index is 201. The third kappa shape index (κ3) is 3.46. The van der Waals surface area contributed by atoms with Crippen LogP contribution in [0.2, 0.25) is 0 Å². The van der Waals surface area contributed by atoms with Crippen LogP contribution in [0.25, 0.3) is 0 Å². The molecular formula is C14H28N2. The first-order chi connectivity index (χ1) is 7.81. The van der Waals surface area contributed by atoms with Crippen molar-refractivity contribution in [3.63, 3.8) is 0 Å². The second-order valence-corrected chi connectivity index (χ2v) is 5.75. The zero-order chi connectivity index (χ0) is 11.4. The average molecular weight is 224 g/mol. The normalized spacial score (nSPS) is 30.2. The predicted molar refractivity (Wildman–Crippen MR) is 69.7 cm³/mol. The van der Waals surface area contributed by atoms with E-state index in [9.17, 15) is 0 Å². The minimum atomic E-state index is 0.826. The molecule has 0 aromatic rings. The topological polar surface area (TPSA) is 15.3 Å². The van der Waals surface area contributed by atoms with Gasteiger partial charge in [0.2, 0.25) is 0 Å². The summed E-state index contributed by atoms with van der Waals surface area (Å²) in [5.41, 5.74) is 0. The molecule has 2 aliphatic carbocycles. The molecule has 16 heavy (non-hydrogen) atoms. The second kappa shape index (κ2) is 6.02. The fourth-order valence-corrected chi connectivity index (χ4v) is 3.05. The number of nitrogens with zero attached hydrogens (tertiary/aromatic N) is 1. The standard InChI is InChI=1S/C14H28N2/c1-3-10-15-14-6-4-5-12(14)9-11-16(2)13-7-8-13/h12-15H,3-11H2,1-2H3. The molecule has 0 spiro atoms. The quantitative estimate of drug-likeness (QED) is 0.715. The van der Waals surface area contributed by atoms with E-state index in [4.69, 9.17) is 0 Å². The maximum absolute atomic E-state index is 3.73. The lowest BCUT2D eigenvalue weighted by molar-refractivity contribution is 0.273. The zero-order valence-corrected chi connectivity index (χ0v) is 11.0. The summed E-state index contributed by atoms with van der Waals surface area (Å²) in [7, 11) is 2.31. The van der Waals surface area contributed by atoms with Crippen molar-refractivity contribution in [1.82, 2.24) is 10.2 Å². The fourth-order valence-electron chi connectivity index (χ4n) is 3.05. The van der Waals surface area contributed by atoms with Crippen LogP contribution in [0, 0.1) is 5.92 Å². The molecule has 0 aromatic heterocycles. The molecule has 2 unspecified atom stereocenters. The lowest BCUT2D eigenvalue weighted by atomic mass is 9.99. The van der Waals surface area contributed by atoms with Crippen LogP contribution in [0.5, 0.6) is 0 Å². The largest absolute Gasteiger partial charge is 0.314 e. The van der Waals surface area contributed by atoms with Crippen LogP contribution in [-0.2, 0) is 0 Å². The molecule has 0 aliphatic heterocycles. The van der Waals surface area contributed by atoms with E-state index in [1.807, 2.05) is 0 Å². The molecule has 2 rings (SSSR count). The SMILES string of the molecule is CCCNC1CCCC1CCN(C)C1CC1. The highest BCUT2D eigenvalue weighted by Crippen LogP contribution is 2.30. The van der Waals surface area contributed by atoms with Crippen molar-refractivity contribution in [2.24, 2.45) is 5.92 Å². The van der Waals surface area contributed by atoms with Gasteiger partial charge in [0, 0.05) is 12.1 Å². The molecule has 2 heteroatoms. The molecule has 2 atom stereocenters. The van der Waals surface area contributed by atoms with Crippen LogP contribution in [0.15, 0.2) is 0 Å². The van der Waals surface area contributed by atoms with Gasteiger partial charge in [-0.05, 0) is 64.6 Å². The Labute approximate surface area is 101 Å². The Morgan fingerprint density at radius 1 is 1.19 bits per heavy atom. The van der Waals surface area contributed by atoms with Crippen LogP contribution >= 0.6 is 0 Å². The van der Waals surface area contributed by atoms with Crippen LogP contribution in [0.3, 0.4) is 0 Å². The highest BCUT2D eigenvalue weighted by molar-refractivity contribution is 4.86. The summed E-state index contributed by atoms with van der Waals surface area (Å²) >= 11 is 0. The highest BCUT2D eigenvalue weighted by atomic mass is 15.1. The van der Waals surface area contributed by atoms with Gasteiger partial charge >= 0.3 is 0 Å². The zero-order valence-electron chi connectivity index (χ0n) is 11.0. The summed E-state index contributed by atoms with van der Waals surface area (Å²) in [4.78, 5) is 2.58. The summed E-state index contributed by atoms with van der Waals surface area (Å²) in [6, 6.07) is 1.76. The van der Waals surface area contributed by atoms with Crippen molar-refractivity contribution in [2.75, 3.05) is 20.1 Å². The van der Waals surface area contributed by atoms with E-state index in [1.165, 1.54) is 58.0 Å². The molecule has 0 aromatic carbocycles. The second-order valence-electron chi connectivity index (χ2n) is 5.75. The van der Waals surface area contributed by atoms with Gasteiger partial charge in [0.25, 0.3) is 0 Å². The maximum Gasteiger partial charge on any atom is 0.00958 e. The summed E-state index contributed by atoms with van der Waals surface area (Å²) in [5, 5.41) is 3.73. The number of nitrogens with one attached hydrogen (secondary N) is 1. The van der Waals surface area contributed by atoms with Crippen molar-refractivity contribution in [3.05, 3.63) is 0 Å². The Hall–Kier alpha value is -0.0800. The van der Waals surface area contributed by atoms with Crippen LogP contribution in [0.4, 0.5) is 0 Å². The molecule has 2 saturated carbocycles. The first-order valence-electron chi connectivity index (χ1n) is 7.25. The van der Waals surface area contributed by atoms with Gasteiger partial charge in [0.15, 0.2) is 0 Å². The van der Waals surface area contributed by atoms with Gasteiger partial charge in [0.05, 0.1) is 0 Å². The van der Waals surface area contributed by atoms with E-state index >= 15 is 0 Å². The Balaban J connectivity index is 1.66. The summed E-state index contributed by atoms with van der Waals surface area (Å²) in [5.74, 6) is 0.952. The minimum Gasteiger partial charge on any atom is -0.314 e. The van der Waals surface area contributed by atoms with Gasteiger partial charge in [0.1, 0.15) is 0 Å². The molecule has 0 heterocycles. The lowest BCUT2D eigenvalue weighted by Gasteiger charge is -2.23. The Morgan fingerprint density at radius 3 is 2.69 bits per heavy atom. The summed E-state index contributed by atoms with van der Waals surface area (Å²) < 4.78 is 0. The van der Waals surface area contributed by atoms with Crippen LogP contribution < -0.4 is 5.32 Å². The monoisotopic (exact) mass is 224 g/mol. The highest BCUT2D eigenvalue weighted by Gasteiger charge is 2.29. The molecular weight excluding hydrogens is 196 g/mol. The fraction of sp³-hybridized carbons (Fsp3) is 1.00. The van der Waals surface area contributed by atoms with Crippen molar-refractivity contribution in [1.29, 1.82) is 0 Å². The molecule has 0 radical (unpaired) electrons. The van der Waals surface area contributed by atoms with E-state index in [1.54, 1.807) is 0 Å². The lowest BCUT2D eigenvalue weighted by Crippen LogP contribution is -2.35. The third-order valence-corrected chi connectivity index (χ3v) is 4.34. The first-order valence-corrected chi connectivity index (χ1v) is 7.25. The number of rotatable bonds is 7. The van der Waals surface area contributed by atoms with Gasteiger partial charge in [-0.3, -0.25) is 0 Å². The first kappa shape index (κ1) is 12.4. The minimum absolute atomic E-state index is 0.826. The molecule has 2 aliphatic rings. The van der Waals surface area contributed by atoms with E-state index in [0.29, 0.717) is 0 Å². The van der Waals surface area contributed by atoms with E-state index in [-0.39, 0.29) is 0 Å². The predicted octanol–water partition coefficient (Wildman–Crippen LogP) is 2.64. The van der Waals surface area contributed by atoms with E-state index < -0.39 is 0 Å². The van der Waals surface area contributed by atoms with Gasteiger partial charge in [-0.1, -0.05) is 13.3 Å². The molecule has 1 N–H and O–H groups in total. The molecule has 2 fully saturated rings. The maximum atomic E-state index is 3.73. The summed E-state index contributed by atoms with van der Waals surface area (Å²) in [6.07, 6.45) is 9.88. The molecule has 2 nitrogen and oxygen atoms in total. The van der Waals surface area contributed by atoms with Gasteiger partial charge in [-0.25, -0.2) is 0 Å². The molecule has 0 amide bonds. The third-order valence-electron chi connectivity index (χ3n) is 4.34. The molecule has 0 saturated heterocycles.